The minimum absolute atomic E-state index is 0.118. The number of aromatic nitrogens is 1. The number of nitrogens with one attached hydrogen (secondary N) is 1. The van der Waals surface area contributed by atoms with Gasteiger partial charge in [-0.3, -0.25) is 4.79 Å². The van der Waals surface area contributed by atoms with E-state index >= 15 is 0 Å². The fourth-order valence-corrected chi connectivity index (χ4v) is 2.76. The minimum atomic E-state index is -0.118. The van der Waals surface area contributed by atoms with Crippen molar-refractivity contribution < 1.29 is 4.79 Å². The number of hydrogen-bond acceptors (Lipinski definition) is 2. The van der Waals surface area contributed by atoms with E-state index in [-0.39, 0.29) is 22.5 Å². The van der Waals surface area contributed by atoms with Crippen molar-refractivity contribution in [1.29, 1.82) is 0 Å². The Kier molecular flexibility index (Phi) is 3.91. The van der Waals surface area contributed by atoms with Crippen LogP contribution in [-0.2, 0) is 0 Å². The van der Waals surface area contributed by atoms with E-state index in [1.807, 2.05) is 0 Å². The van der Waals surface area contributed by atoms with Gasteiger partial charge in [0.2, 0.25) is 0 Å². The van der Waals surface area contributed by atoms with Crippen molar-refractivity contribution in [3.05, 3.63) is 29.0 Å². The molecule has 0 aliphatic heterocycles. The lowest BCUT2D eigenvalue weighted by atomic mass is 9.73. The number of carbonyl (C=O) groups excluding carboxylic acids is 1. The number of halogens is 1. The number of pyridine rings is 1. The summed E-state index contributed by atoms with van der Waals surface area (Å²) in [5.41, 5.74) is 0.614. The second kappa shape index (κ2) is 5.27. The zero-order chi connectivity index (χ0) is 13.2. The molecule has 2 rings (SSSR count). The minimum Gasteiger partial charge on any atom is -0.349 e. The van der Waals surface area contributed by atoms with Crippen molar-refractivity contribution in [2.45, 2.75) is 45.6 Å². The number of rotatable bonds is 2. The zero-order valence-electron chi connectivity index (χ0n) is 10.9. The molecular formula is C14H19ClN2O. The van der Waals surface area contributed by atoms with Gasteiger partial charge in [0.25, 0.3) is 5.91 Å². The Morgan fingerprint density at radius 1 is 1.50 bits per heavy atom. The summed E-state index contributed by atoms with van der Waals surface area (Å²) in [7, 11) is 0. The molecule has 98 valence electrons. The predicted octanol–water partition coefficient (Wildman–Crippen LogP) is 3.43. The molecule has 1 N–H and O–H groups in total. The molecule has 1 heterocycles. The second-order valence-electron chi connectivity index (χ2n) is 5.60. The van der Waals surface area contributed by atoms with Crippen LogP contribution >= 0.6 is 11.6 Å². The van der Waals surface area contributed by atoms with E-state index in [2.05, 4.69) is 24.1 Å². The Bertz CT molecular complexity index is 445. The van der Waals surface area contributed by atoms with E-state index in [0.29, 0.717) is 5.56 Å². The molecular weight excluding hydrogens is 248 g/mol. The smallest absolute Gasteiger partial charge is 0.254 e. The Balaban J connectivity index is 2.10. The Labute approximate surface area is 113 Å². The normalized spacial score (nSPS) is 22.5. The lowest BCUT2D eigenvalue weighted by molar-refractivity contribution is 0.0853. The molecule has 0 spiro atoms. The lowest BCUT2D eigenvalue weighted by Gasteiger charge is -2.39. The summed E-state index contributed by atoms with van der Waals surface area (Å²) in [4.78, 5) is 16.1. The molecule has 1 unspecified atom stereocenters. The molecule has 1 amide bonds. The highest BCUT2D eigenvalue weighted by molar-refractivity contribution is 6.32. The van der Waals surface area contributed by atoms with Crippen LogP contribution in [0.3, 0.4) is 0 Å². The third-order valence-corrected chi connectivity index (χ3v) is 4.12. The van der Waals surface area contributed by atoms with Crippen LogP contribution in [0.4, 0.5) is 0 Å². The summed E-state index contributed by atoms with van der Waals surface area (Å²) in [6.45, 7) is 4.42. The van der Waals surface area contributed by atoms with Gasteiger partial charge in [0.15, 0.2) is 0 Å². The van der Waals surface area contributed by atoms with Crippen LogP contribution in [0.15, 0.2) is 18.3 Å². The molecule has 1 saturated carbocycles. The van der Waals surface area contributed by atoms with Crippen LogP contribution in [-0.4, -0.2) is 16.9 Å². The first-order valence-corrected chi connectivity index (χ1v) is 6.80. The number of amides is 1. The first-order valence-electron chi connectivity index (χ1n) is 6.42. The molecule has 0 aromatic carbocycles. The van der Waals surface area contributed by atoms with Crippen molar-refractivity contribution >= 4 is 17.5 Å². The first-order chi connectivity index (χ1) is 8.50. The maximum Gasteiger partial charge on any atom is 0.254 e. The van der Waals surface area contributed by atoms with Gasteiger partial charge in [-0.25, -0.2) is 4.98 Å². The first kappa shape index (κ1) is 13.3. The van der Waals surface area contributed by atoms with Gasteiger partial charge in [0, 0.05) is 12.2 Å². The lowest BCUT2D eigenvalue weighted by Crippen LogP contribution is -2.46. The average molecular weight is 267 g/mol. The fraction of sp³-hybridized carbons (Fsp3) is 0.571. The number of carbonyl (C=O) groups is 1. The molecule has 1 aliphatic rings. The number of hydrogen-bond donors (Lipinski definition) is 1. The molecule has 1 fully saturated rings. The van der Waals surface area contributed by atoms with Gasteiger partial charge in [-0.15, -0.1) is 0 Å². The topological polar surface area (TPSA) is 42.0 Å². The third-order valence-electron chi connectivity index (χ3n) is 3.82. The van der Waals surface area contributed by atoms with E-state index in [0.717, 1.165) is 12.8 Å². The van der Waals surface area contributed by atoms with E-state index < -0.39 is 0 Å². The highest BCUT2D eigenvalue weighted by atomic mass is 35.5. The zero-order valence-corrected chi connectivity index (χ0v) is 11.6. The maximum atomic E-state index is 12.2. The second-order valence-corrected chi connectivity index (χ2v) is 5.96. The molecule has 1 aromatic rings. The Morgan fingerprint density at radius 2 is 2.28 bits per heavy atom. The van der Waals surface area contributed by atoms with Crippen LogP contribution in [0.1, 0.15) is 49.9 Å². The van der Waals surface area contributed by atoms with Crippen molar-refractivity contribution in [2.24, 2.45) is 5.41 Å². The monoisotopic (exact) mass is 266 g/mol. The van der Waals surface area contributed by atoms with Crippen molar-refractivity contribution in [1.82, 2.24) is 10.3 Å². The standard InChI is InChI=1S/C14H19ClN2O/c1-14(2)8-4-3-7-11(14)17-13(18)10-6-5-9-16-12(10)15/h5-6,9,11H,3-4,7-8H2,1-2H3,(H,17,18). The largest absolute Gasteiger partial charge is 0.349 e. The van der Waals surface area contributed by atoms with Gasteiger partial charge < -0.3 is 5.32 Å². The molecule has 0 saturated heterocycles. The van der Waals surface area contributed by atoms with Crippen LogP contribution in [0.2, 0.25) is 5.15 Å². The molecule has 4 heteroatoms. The molecule has 1 atom stereocenters. The fourth-order valence-electron chi connectivity index (χ4n) is 2.55. The quantitative estimate of drug-likeness (QED) is 0.834. The van der Waals surface area contributed by atoms with Gasteiger partial charge in [0.05, 0.1) is 5.56 Å². The molecule has 1 aliphatic carbocycles. The van der Waals surface area contributed by atoms with Crippen molar-refractivity contribution in [2.75, 3.05) is 0 Å². The van der Waals surface area contributed by atoms with Crippen LogP contribution in [0.5, 0.6) is 0 Å². The molecule has 1 aromatic heterocycles. The summed E-state index contributed by atoms with van der Waals surface area (Å²) in [6, 6.07) is 3.66. The summed E-state index contributed by atoms with van der Waals surface area (Å²) in [6.07, 6.45) is 6.20. The molecule has 18 heavy (non-hydrogen) atoms. The highest BCUT2D eigenvalue weighted by Crippen LogP contribution is 2.35. The average Bonchev–Trinajstić information content (AvgIpc) is 2.32. The van der Waals surface area contributed by atoms with Crippen LogP contribution in [0, 0.1) is 5.41 Å². The van der Waals surface area contributed by atoms with Gasteiger partial charge in [-0.05, 0) is 30.4 Å². The van der Waals surface area contributed by atoms with E-state index in [4.69, 9.17) is 11.6 Å². The van der Waals surface area contributed by atoms with Crippen LogP contribution in [0.25, 0.3) is 0 Å². The van der Waals surface area contributed by atoms with E-state index in [1.54, 1.807) is 18.3 Å². The summed E-state index contributed by atoms with van der Waals surface area (Å²) < 4.78 is 0. The number of nitrogens with zero attached hydrogens (tertiary/aromatic N) is 1. The van der Waals surface area contributed by atoms with Gasteiger partial charge >= 0.3 is 0 Å². The Hall–Kier alpha value is -1.09. The molecule has 3 nitrogen and oxygen atoms in total. The highest BCUT2D eigenvalue weighted by Gasteiger charge is 2.33. The maximum absolute atomic E-state index is 12.2. The van der Waals surface area contributed by atoms with Crippen molar-refractivity contribution in [3.63, 3.8) is 0 Å². The van der Waals surface area contributed by atoms with Gasteiger partial charge in [-0.1, -0.05) is 38.3 Å². The summed E-state index contributed by atoms with van der Waals surface area (Å²) >= 11 is 5.94. The molecule has 0 bridgehead atoms. The van der Waals surface area contributed by atoms with Crippen molar-refractivity contribution in [3.8, 4) is 0 Å². The van der Waals surface area contributed by atoms with E-state index in [1.165, 1.54) is 12.8 Å². The summed E-state index contributed by atoms with van der Waals surface area (Å²) in [5.74, 6) is -0.118. The van der Waals surface area contributed by atoms with Crippen LogP contribution < -0.4 is 5.32 Å². The van der Waals surface area contributed by atoms with E-state index in [9.17, 15) is 4.79 Å². The Morgan fingerprint density at radius 3 is 2.94 bits per heavy atom. The predicted molar refractivity (Wildman–Crippen MR) is 72.8 cm³/mol. The van der Waals surface area contributed by atoms with Gasteiger partial charge in [0.1, 0.15) is 5.15 Å². The SMILES string of the molecule is CC1(C)CCCCC1NC(=O)c1cccnc1Cl. The third kappa shape index (κ3) is 2.83. The van der Waals surface area contributed by atoms with Gasteiger partial charge in [-0.2, -0.15) is 0 Å². The molecule has 0 radical (unpaired) electrons. The summed E-state index contributed by atoms with van der Waals surface area (Å²) in [5, 5.41) is 3.37.